The Morgan fingerprint density at radius 3 is 2.16 bits per heavy atom. The van der Waals surface area contributed by atoms with Crippen LogP contribution in [0.15, 0.2) is 54.6 Å². The number of hydrogen-bond acceptors (Lipinski definition) is 6. The number of primary amides is 1. The van der Waals surface area contributed by atoms with Crippen molar-refractivity contribution in [2.45, 2.75) is 38.8 Å². The number of amides is 4. The lowest BCUT2D eigenvalue weighted by Gasteiger charge is -2.23. The molecular weight excluding hydrogens is 476 g/mol. The number of hydrogen-bond donors (Lipinski definition) is 5. The van der Waals surface area contributed by atoms with Crippen LogP contribution in [0.2, 0.25) is 0 Å². The average Bonchev–Trinajstić information content (AvgIpc) is 2.86. The number of phenols is 1. The Morgan fingerprint density at radius 1 is 0.946 bits per heavy atom. The van der Waals surface area contributed by atoms with Gasteiger partial charge < -0.3 is 26.8 Å². The van der Waals surface area contributed by atoms with Gasteiger partial charge >= 0.3 is 0 Å². The van der Waals surface area contributed by atoms with Gasteiger partial charge in [0.2, 0.25) is 17.7 Å². The molecule has 0 unspecified atom stereocenters. The quantitative estimate of drug-likeness (QED) is 0.200. The maximum absolute atomic E-state index is 13.0. The normalized spacial score (nSPS) is 12.5. The van der Waals surface area contributed by atoms with Gasteiger partial charge in [-0.2, -0.15) is 0 Å². The van der Waals surface area contributed by atoms with E-state index >= 15 is 0 Å². The number of allylic oxidation sites excluding steroid dienone is 1. The van der Waals surface area contributed by atoms with Crippen LogP contribution in [0, 0.1) is 5.92 Å². The van der Waals surface area contributed by atoms with Gasteiger partial charge in [-0.3, -0.25) is 24.0 Å². The minimum absolute atomic E-state index is 0.0509. The van der Waals surface area contributed by atoms with Crippen LogP contribution >= 0.6 is 0 Å². The zero-order valence-electron chi connectivity index (χ0n) is 20.8. The van der Waals surface area contributed by atoms with E-state index in [1.165, 1.54) is 18.2 Å². The van der Waals surface area contributed by atoms with Gasteiger partial charge in [0.05, 0.1) is 6.54 Å². The van der Waals surface area contributed by atoms with Crippen LogP contribution in [-0.4, -0.2) is 53.6 Å². The molecule has 10 nitrogen and oxygen atoms in total. The number of carbonyl (C=O) groups is 5. The number of benzene rings is 2. The summed E-state index contributed by atoms with van der Waals surface area (Å²) in [5.74, 6) is -2.25. The number of nitrogens with one attached hydrogen (secondary N) is 3. The van der Waals surface area contributed by atoms with E-state index in [-0.39, 0.29) is 18.1 Å². The topological polar surface area (TPSA) is 168 Å². The van der Waals surface area contributed by atoms with E-state index in [1.54, 1.807) is 42.5 Å². The fourth-order valence-electron chi connectivity index (χ4n) is 3.47. The highest BCUT2D eigenvalue weighted by atomic mass is 16.3. The second-order valence-electron chi connectivity index (χ2n) is 8.88. The summed E-state index contributed by atoms with van der Waals surface area (Å²) in [4.78, 5) is 60.3. The molecule has 0 aromatic heterocycles. The first-order chi connectivity index (χ1) is 17.6. The number of aldehydes is 1. The highest BCUT2D eigenvalue weighted by Crippen LogP contribution is 2.12. The molecule has 0 spiro atoms. The second kappa shape index (κ2) is 14.2. The molecule has 2 rings (SSSR count). The Morgan fingerprint density at radius 2 is 1.59 bits per heavy atom. The molecule has 2 atom stereocenters. The van der Waals surface area contributed by atoms with Crippen molar-refractivity contribution in [3.8, 4) is 5.75 Å². The summed E-state index contributed by atoms with van der Waals surface area (Å²) in [5.41, 5.74) is 7.14. The number of phenolic OH excluding ortho intramolecular Hbond substituents is 1. The van der Waals surface area contributed by atoms with Crippen LogP contribution < -0.4 is 21.7 Å². The molecule has 0 aliphatic carbocycles. The van der Waals surface area contributed by atoms with E-state index in [2.05, 4.69) is 16.0 Å². The second-order valence-corrected chi connectivity index (χ2v) is 8.88. The van der Waals surface area contributed by atoms with Crippen molar-refractivity contribution in [3.05, 3.63) is 71.3 Å². The molecule has 0 saturated carbocycles. The molecule has 0 heterocycles. The fraction of sp³-hybridized carbons (Fsp3) is 0.296. The SMILES string of the molecule is CC(C)C[C@H](NC(=O)[C@H](Cc1ccc(O)cc1)NC(=O)CNC(=O)c1ccc(C=CC=O)cc1)C(N)=O. The van der Waals surface area contributed by atoms with Gasteiger partial charge in [0.15, 0.2) is 0 Å². The summed E-state index contributed by atoms with van der Waals surface area (Å²) in [6.45, 7) is 3.38. The molecular formula is C27H32N4O6. The summed E-state index contributed by atoms with van der Waals surface area (Å²) in [6, 6.07) is 10.6. The minimum Gasteiger partial charge on any atom is -0.508 e. The lowest BCUT2D eigenvalue weighted by Crippen LogP contribution is -2.55. The molecule has 196 valence electrons. The summed E-state index contributed by atoms with van der Waals surface area (Å²) in [7, 11) is 0. The summed E-state index contributed by atoms with van der Waals surface area (Å²) >= 11 is 0. The van der Waals surface area contributed by atoms with Gasteiger partial charge in [-0.05, 0) is 53.8 Å². The first kappa shape index (κ1) is 28.8. The Bertz CT molecular complexity index is 1130. The molecule has 2 aromatic carbocycles. The molecule has 4 amide bonds. The van der Waals surface area contributed by atoms with Gasteiger partial charge in [-0.1, -0.05) is 44.2 Å². The smallest absolute Gasteiger partial charge is 0.251 e. The van der Waals surface area contributed by atoms with E-state index in [4.69, 9.17) is 5.73 Å². The predicted octanol–water partition coefficient (Wildman–Crippen LogP) is 1.08. The molecule has 0 saturated heterocycles. The van der Waals surface area contributed by atoms with Crippen LogP contribution in [0.5, 0.6) is 5.75 Å². The van der Waals surface area contributed by atoms with Crippen molar-refractivity contribution in [1.29, 1.82) is 0 Å². The van der Waals surface area contributed by atoms with Crippen LogP contribution in [-0.2, 0) is 25.6 Å². The largest absolute Gasteiger partial charge is 0.508 e. The molecule has 0 aliphatic heterocycles. The molecule has 2 aromatic rings. The number of rotatable bonds is 13. The van der Waals surface area contributed by atoms with Crippen molar-refractivity contribution in [3.63, 3.8) is 0 Å². The van der Waals surface area contributed by atoms with E-state index < -0.39 is 42.3 Å². The fourth-order valence-corrected chi connectivity index (χ4v) is 3.47. The summed E-state index contributed by atoms with van der Waals surface area (Å²) in [6.07, 6.45) is 3.98. The number of nitrogens with two attached hydrogens (primary N) is 1. The van der Waals surface area contributed by atoms with Gasteiger partial charge in [0.25, 0.3) is 5.91 Å². The minimum atomic E-state index is -1.06. The summed E-state index contributed by atoms with van der Waals surface area (Å²) < 4.78 is 0. The van der Waals surface area contributed by atoms with Crippen molar-refractivity contribution in [2.75, 3.05) is 6.54 Å². The van der Waals surface area contributed by atoms with E-state index in [1.807, 2.05) is 13.8 Å². The van der Waals surface area contributed by atoms with Gasteiger partial charge in [-0.15, -0.1) is 0 Å². The lowest BCUT2D eigenvalue weighted by atomic mass is 10.0. The predicted molar refractivity (Wildman–Crippen MR) is 138 cm³/mol. The highest BCUT2D eigenvalue weighted by molar-refractivity contribution is 5.97. The van der Waals surface area contributed by atoms with Gasteiger partial charge in [0, 0.05) is 12.0 Å². The zero-order chi connectivity index (χ0) is 27.4. The van der Waals surface area contributed by atoms with Crippen LogP contribution in [0.1, 0.15) is 41.8 Å². The van der Waals surface area contributed by atoms with E-state index in [9.17, 15) is 29.1 Å². The molecule has 0 fully saturated rings. The average molecular weight is 509 g/mol. The Hall–Kier alpha value is -4.47. The third-order valence-corrected chi connectivity index (χ3v) is 5.34. The Kier molecular flexibility index (Phi) is 11.0. The van der Waals surface area contributed by atoms with E-state index in [0.29, 0.717) is 23.8 Å². The monoisotopic (exact) mass is 508 g/mol. The number of aromatic hydroxyl groups is 1. The van der Waals surface area contributed by atoms with Crippen LogP contribution in [0.25, 0.3) is 6.08 Å². The molecule has 0 bridgehead atoms. The first-order valence-corrected chi connectivity index (χ1v) is 11.8. The van der Waals surface area contributed by atoms with Gasteiger partial charge in [0.1, 0.15) is 24.1 Å². The van der Waals surface area contributed by atoms with Crippen LogP contribution in [0.4, 0.5) is 0 Å². The van der Waals surface area contributed by atoms with Crippen LogP contribution in [0.3, 0.4) is 0 Å². The zero-order valence-corrected chi connectivity index (χ0v) is 20.8. The third kappa shape index (κ3) is 9.96. The van der Waals surface area contributed by atoms with Gasteiger partial charge in [-0.25, -0.2) is 0 Å². The Labute approximate surface area is 215 Å². The Balaban J connectivity index is 2.06. The number of carbonyl (C=O) groups excluding carboxylic acids is 5. The summed E-state index contributed by atoms with van der Waals surface area (Å²) in [5, 5.41) is 17.2. The third-order valence-electron chi connectivity index (χ3n) is 5.34. The molecule has 37 heavy (non-hydrogen) atoms. The molecule has 0 aliphatic rings. The van der Waals surface area contributed by atoms with Crippen molar-refractivity contribution < 1.29 is 29.1 Å². The van der Waals surface area contributed by atoms with Crippen molar-refractivity contribution in [1.82, 2.24) is 16.0 Å². The van der Waals surface area contributed by atoms with Crippen molar-refractivity contribution in [2.24, 2.45) is 11.7 Å². The maximum atomic E-state index is 13.0. The van der Waals surface area contributed by atoms with Crippen molar-refractivity contribution >= 4 is 36.0 Å². The first-order valence-electron chi connectivity index (χ1n) is 11.8. The standard InChI is InChI=1S/C27H32N4O6/c1-17(2)14-22(25(28)35)31-27(37)23(15-19-7-11-21(33)12-8-19)30-24(34)16-29-26(36)20-9-5-18(6-10-20)4-3-13-32/h3-13,17,22-23,33H,14-16H2,1-2H3,(H2,28,35)(H,29,36)(H,30,34)(H,31,37)/t22-,23-/m0/s1. The molecule has 6 N–H and O–H groups in total. The molecule has 10 heteroatoms. The molecule has 0 radical (unpaired) electrons. The highest BCUT2D eigenvalue weighted by Gasteiger charge is 2.26. The maximum Gasteiger partial charge on any atom is 0.251 e. The van der Waals surface area contributed by atoms with E-state index in [0.717, 1.165) is 5.56 Å². The lowest BCUT2D eigenvalue weighted by molar-refractivity contribution is -0.131.